The predicted octanol–water partition coefficient (Wildman–Crippen LogP) is 2.80. The van der Waals surface area contributed by atoms with E-state index >= 15 is 0 Å². The molecule has 0 saturated carbocycles. The summed E-state index contributed by atoms with van der Waals surface area (Å²) in [5.41, 5.74) is 0.00438. The van der Waals surface area contributed by atoms with Gasteiger partial charge < -0.3 is 5.11 Å². The second-order valence-corrected chi connectivity index (χ2v) is 5.94. The summed E-state index contributed by atoms with van der Waals surface area (Å²) in [4.78, 5) is 46.4. The molecule has 0 fully saturated rings. The zero-order valence-corrected chi connectivity index (χ0v) is 14.9. The van der Waals surface area contributed by atoms with E-state index in [0.717, 1.165) is 12.1 Å². The van der Waals surface area contributed by atoms with Crippen molar-refractivity contribution in [1.82, 2.24) is 5.01 Å². The van der Waals surface area contributed by atoms with E-state index in [0.29, 0.717) is 5.01 Å². The van der Waals surface area contributed by atoms with Crippen molar-refractivity contribution in [3.8, 4) is 0 Å². The Morgan fingerprint density at radius 2 is 1.83 bits per heavy atom. The number of nitrogens with zero attached hydrogens (tertiary/aromatic N) is 5. The molecule has 11 nitrogen and oxygen atoms in total. The molecule has 1 N–H and O–H groups in total. The van der Waals surface area contributed by atoms with E-state index < -0.39 is 28.7 Å². The number of hydrogen-bond donors (Lipinski definition) is 1. The first kappa shape index (κ1) is 19.5. The van der Waals surface area contributed by atoms with Gasteiger partial charge in [-0.25, -0.2) is 4.79 Å². The van der Waals surface area contributed by atoms with Crippen LogP contribution >= 0.6 is 0 Å². The number of imide groups is 1. The van der Waals surface area contributed by atoms with Crippen molar-refractivity contribution in [3.63, 3.8) is 0 Å². The van der Waals surface area contributed by atoms with Gasteiger partial charge >= 0.3 is 5.97 Å². The van der Waals surface area contributed by atoms with Crippen LogP contribution in [0.1, 0.15) is 27.6 Å². The molecule has 146 valence electrons. The number of carboxylic acid groups (broad SMARTS) is 1. The first-order valence-corrected chi connectivity index (χ1v) is 8.20. The van der Waals surface area contributed by atoms with Crippen molar-refractivity contribution in [1.29, 1.82) is 0 Å². The highest BCUT2D eigenvalue weighted by molar-refractivity contribution is 6.18. The lowest BCUT2D eigenvalue weighted by Gasteiger charge is -2.10. The van der Waals surface area contributed by atoms with Gasteiger partial charge in [0, 0.05) is 17.7 Å². The average molecular weight is 395 g/mol. The number of nitro benzene ring substituents is 1. The third kappa shape index (κ3) is 3.88. The van der Waals surface area contributed by atoms with Gasteiger partial charge in [-0.3, -0.25) is 19.7 Å². The smallest absolute Gasteiger partial charge is 0.337 e. The summed E-state index contributed by atoms with van der Waals surface area (Å²) in [6.07, 6.45) is 0. The molecule has 0 aromatic heterocycles. The maximum absolute atomic E-state index is 12.6. The molecule has 0 aliphatic carbocycles. The van der Waals surface area contributed by atoms with Crippen molar-refractivity contribution in [2.24, 2.45) is 15.3 Å². The predicted molar refractivity (Wildman–Crippen MR) is 99.1 cm³/mol. The fourth-order valence-electron chi connectivity index (χ4n) is 2.54. The van der Waals surface area contributed by atoms with Crippen molar-refractivity contribution in [2.45, 2.75) is 13.0 Å². The molecular formula is C18H13N5O6. The van der Waals surface area contributed by atoms with Gasteiger partial charge in [-0.1, -0.05) is 12.1 Å². The summed E-state index contributed by atoms with van der Waals surface area (Å²) in [5, 5.41) is 32.1. The molecule has 1 aliphatic rings. The number of nitro groups is 1. The van der Waals surface area contributed by atoms with Crippen LogP contribution < -0.4 is 0 Å². The van der Waals surface area contributed by atoms with Crippen LogP contribution in [0.25, 0.3) is 0 Å². The summed E-state index contributed by atoms with van der Waals surface area (Å²) < 4.78 is 0. The molecule has 11 heteroatoms. The summed E-state index contributed by atoms with van der Waals surface area (Å²) in [7, 11) is 0. The first-order chi connectivity index (χ1) is 13.8. The Kier molecular flexibility index (Phi) is 5.21. The largest absolute Gasteiger partial charge is 0.478 e. The van der Waals surface area contributed by atoms with E-state index in [4.69, 9.17) is 5.11 Å². The van der Waals surface area contributed by atoms with Gasteiger partial charge in [0.15, 0.2) is 6.04 Å². The molecule has 2 aromatic rings. The standard InChI is InChI=1S/C18H13N5O6/c1-10-15(20-19-14-5-3-2-4-13(14)18(26)27)17(25)22(21-10)16(24)11-6-8-12(9-7-11)23(28)29/h2-9,15H,1H3,(H,26,27)/t15-/m0/s1. The number of amides is 2. The Morgan fingerprint density at radius 1 is 1.17 bits per heavy atom. The Bertz CT molecular complexity index is 1080. The van der Waals surface area contributed by atoms with E-state index in [2.05, 4.69) is 15.3 Å². The van der Waals surface area contributed by atoms with Crippen molar-refractivity contribution < 1.29 is 24.4 Å². The van der Waals surface area contributed by atoms with Gasteiger partial charge in [0.1, 0.15) is 0 Å². The second-order valence-electron chi connectivity index (χ2n) is 5.94. The lowest BCUT2D eigenvalue weighted by Crippen LogP contribution is -2.34. The molecule has 29 heavy (non-hydrogen) atoms. The van der Waals surface area contributed by atoms with Crippen molar-refractivity contribution >= 4 is 34.9 Å². The Morgan fingerprint density at radius 3 is 2.45 bits per heavy atom. The highest BCUT2D eigenvalue weighted by Gasteiger charge is 2.38. The molecule has 0 radical (unpaired) electrons. The average Bonchev–Trinajstić information content (AvgIpc) is 2.99. The number of non-ortho nitro benzene ring substituents is 1. The van der Waals surface area contributed by atoms with Crippen LogP contribution in [0.5, 0.6) is 0 Å². The molecule has 2 amide bonds. The minimum atomic E-state index is -1.20. The maximum atomic E-state index is 12.6. The summed E-state index contributed by atoms with van der Waals surface area (Å²) >= 11 is 0. The van der Waals surface area contributed by atoms with Crippen LogP contribution in [0.15, 0.2) is 63.9 Å². The molecule has 0 bridgehead atoms. The Labute approximate surface area is 163 Å². The Hall–Kier alpha value is -4.28. The third-order valence-corrected chi connectivity index (χ3v) is 4.03. The summed E-state index contributed by atoms with van der Waals surface area (Å²) in [6.45, 7) is 1.48. The molecule has 2 aromatic carbocycles. The van der Waals surface area contributed by atoms with Crippen molar-refractivity contribution in [2.75, 3.05) is 0 Å². The zero-order chi connectivity index (χ0) is 21.1. The minimum absolute atomic E-state index is 0.0364. The molecule has 1 heterocycles. The van der Waals surface area contributed by atoms with Crippen LogP contribution in [-0.2, 0) is 4.79 Å². The Balaban J connectivity index is 1.81. The van der Waals surface area contributed by atoms with Crippen LogP contribution in [0.4, 0.5) is 11.4 Å². The number of benzene rings is 2. The number of hydrazone groups is 1. The topological polar surface area (TPSA) is 155 Å². The van der Waals surface area contributed by atoms with Crippen LogP contribution in [0.3, 0.4) is 0 Å². The summed E-state index contributed by atoms with van der Waals surface area (Å²) in [6, 6.07) is 9.42. The van der Waals surface area contributed by atoms with Gasteiger partial charge in [-0.05, 0) is 31.2 Å². The lowest BCUT2D eigenvalue weighted by molar-refractivity contribution is -0.384. The molecule has 0 saturated heterocycles. The van der Waals surface area contributed by atoms with Gasteiger partial charge in [-0.2, -0.15) is 20.3 Å². The van der Waals surface area contributed by atoms with E-state index in [-0.39, 0.29) is 28.2 Å². The van der Waals surface area contributed by atoms with E-state index in [1.165, 1.54) is 37.3 Å². The molecule has 3 rings (SSSR count). The highest BCUT2D eigenvalue weighted by atomic mass is 16.6. The lowest BCUT2D eigenvalue weighted by atomic mass is 10.1. The molecule has 1 aliphatic heterocycles. The number of carboxylic acids is 1. The fraction of sp³-hybridized carbons (Fsp3) is 0.111. The first-order valence-electron chi connectivity index (χ1n) is 8.20. The number of rotatable bonds is 5. The molecule has 0 spiro atoms. The number of carbonyl (C=O) groups is 3. The number of aromatic carboxylic acids is 1. The molecular weight excluding hydrogens is 382 g/mol. The fourth-order valence-corrected chi connectivity index (χ4v) is 2.54. The monoisotopic (exact) mass is 395 g/mol. The number of carbonyl (C=O) groups excluding carboxylic acids is 2. The van der Waals surface area contributed by atoms with Crippen LogP contribution in [-0.4, -0.2) is 44.6 Å². The molecule has 1 atom stereocenters. The van der Waals surface area contributed by atoms with E-state index in [1.54, 1.807) is 6.07 Å². The van der Waals surface area contributed by atoms with Gasteiger partial charge in [0.2, 0.25) is 0 Å². The molecule has 0 unspecified atom stereocenters. The second kappa shape index (κ2) is 7.76. The van der Waals surface area contributed by atoms with Crippen LogP contribution in [0, 0.1) is 10.1 Å². The van der Waals surface area contributed by atoms with E-state index in [1.807, 2.05) is 0 Å². The maximum Gasteiger partial charge on any atom is 0.337 e. The number of azo groups is 1. The van der Waals surface area contributed by atoms with Crippen LogP contribution in [0.2, 0.25) is 0 Å². The number of hydrogen-bond acceptors (Lipinski definition) is 8. The zero-order valence-electron chi connectivity index (χ0n) is 14.9. The van der Waals surface area contributed by atoms with Gasteiger partial charge in [0.25, 0.3) is 17.5 Å². The SMILES string of the molecule is CC1=NN(C(=O)c2ccc([N+](=O)[O-])cc2)C(=O)[C@H]1N=Nc1ccccc1C(=O)O. The van der Waals surface area contributed by atoms with Crippen molar-refractivity contribution in [3.05, 3.63) is 69.8 Å². The third-order valence-electron chi connectivity index (χ3n) is 4.03. The van der Waals surface area contributed by atoms with E-state index in [9.17, 15) is 24.5 Å². The highest BCUT2D eigenvalue weighted by Crippen LogP contribution is 2.23. The van der Waals surface area contributed by atoms with Gasteiger partial charge in [-0.15, -0.1) is 0 Å². The minimum Gasteiger partial charge on any atom is -0.478 e. The summed E-state index contributed by atoms with van der Waals surface area (Å²) in [5.74, 6) is -2.73. The normalized spacial score (nSPS) is 16.2. The quantitative estimate of drug-likeness (QED) is 0.355. The van der Waals surface area contributed by atoms with Gasteiger partial charge in [0.05, 0.1) is 21.9 Å².